The van der Waals surface area contributed by atoms with Crippen molar-refractivity contribution in [1.82, 2.24) is 9.21 Å². The Morgan fingerprint density at radius 1 is 1.09 bits per heavy atom. The highest BCUT2D eigenvalue weighted by molar-refractivity contribution is 7.89. The largest absolute Gasteiger partial charge is 0.452 e. The molecule has 0 spiro atoms. The van der Waals surface area contributed by atoms with Gasteiger partial charge in [0.05, 0.1) is 10.8 Å². The summed E-state index contributed by atoms with van der Waals surface area (Å²) in [6, 6.07) is 10.5. The molecule has 33 heavy (non-hydrogen) atoms. The first-order chi connectivity index (χ1) is 15.6. The number of halogens is 2. The van der Waals surface area contributed by atoms with Crippen LogP contribution < -0.4 is 0 Å². The van der Waals surface area contributed by atoms with Gasteiger partial charge in [-0.2, -0.15) is 4.31 Å². The third-order valence-electron chi connectivity index (χ3n) is 5.56. The number of carbonyl (C=O) groups is 2. The maximum atomic E-state index is 13.3. The fraction of sp³-hybridized carbons (Fsp3) is 0.391. The Labute approximate surface area is 192 Å². The molecule has 0 unspecified atom stereocenters. The predicted molar refractivity (Wildman–Crippen MR) is 116 cm³/mol. The smallest absolute Gasteiger partial charge is 0.309 e. The minimum absolute atomic E-state index is 0.00881. The van der Waals surface area contributed by atoms with E-state index in [0.717, 1.165) is 12.1 Å². The van der Waals surface area contributed by atoms with Crippen molar-refractivity contribution >= 4 is 21.9 Å². The number of rotatable bonds is 7. The van der Waals surface area contributed by atoms with E-state index in [1.807, 2.05) is 0 Å². The summed E-state index contributed by atoms with van der Waals surface area (Å²) in [6.45, 7) is 1.86. The van der Waals surface area contributed by atoms with E-state index in [0.29, 0.717) is 5.56 Å². The highest BCUT2D eigenvalue weighted by Gasteiger charge is 2.34. The van der Waals surface area contributed by atoms with Gasteiger partial charge < -0.3 is 9.64 Å². The molecular formula is C23H26F2N2O5S. The Hall–Kier alpha value is -2.85. The van der Waals surface area contributed by atoms with Gasteiger partial charge in [-0.05, 0) is 61.7 Å². The molecule has 178 valence electrons. The van der Waals surface area contributed by atoms with E-state index in [1.54, 1.807) is 12.1 Å². The van der Waals surface area contributed by atoms with Crippen LogP contribution in [0.15, 0.2) is 53.4 Å². The van der Waals surface area contributed by atoms with Crippen LogP contribution in [0.1, 0.15) is 25.3 Å². The number of hydrogen-bond acceptors (Lipinski definition) is 5. The summed E-state index contributed by atoms with van der Waals surface area (Å²) in [5.74, 6) is -2.45. The Bertz CT molecular complexity index is 1100. The van der Waals surface area contributed by atoms with E-state index in [-0.39, 0.29) is 37.4 Å². The van der Waals surface area contributed by atoms with E-state index in [9.17, 15) is 26.8 Å². The second kappa shape index (κ2) is 10.4. The Balaban J connectivity index is 1.52. The van der Waals surface area contributed by atoms with Gasteiger partial charge in [0.25, 0.3) is 5.91 Å². The van der Waals surface area contributed by atoms with Crippen LogP contribution >= 0.6 is 0 Å². The van der Waals surface area contributed by atoms with E-state index in [1.165, 1.54) is 47.4 Å². The van der Waals surface area contributed by atoms with Gasteiger partial charge in [0.15, 0.2) is 6.10 Å². The van der Waals surface area contributed by atoms with Gasteiger partial charge in [0.2, 0.25) is 10.0 Å². The first-order valence-electron chi connectivity index (χ1n) is 10.5. The van der Waals surface area contributed by atoms with Crippen molar-refractivity contribution in [1.29, 1.82) is 0 Å². The van der Waals surface area contributed by atoms with Crippen molar-refractivity contribution in [3.05, 3.63) is 65.7 Å². The van der Waals surface area contributed by atoms with Crippen molar-refractivity contribution in [2.45, 2.75) is 37.3 Å². The summed E-state index contributed by atoms with van der Waals surface area (Å²) in [7, 11) is -2.24. The van der Waals surface area contributed by atoms with Crippen molar-refractivity contribution < 1.29 is 31.5 Å². The van der Waals surface area contributed by atoms with Crippen LogP contribution in [0.25, 0.3) is 0 Å². The van der Waals surface area contributed by atoms with Crippen LogP contribution in [0.4, 0.5) is 8.78 Å². The molecule has 1 aliphatic heterocycles. The van der Waals surface area contributed by atoms with Crippen LogP contribution in [0.3, 0.4) is 0 Å². The second-order valence-electron chi connectivity index (χ2n) is 8.04. The zero-order valence-corrected chi connectivity index (χ0v) is 19.2. The molecule has 2 aromatic rings. The molecule has 2 aromatic carbocycles. The SMILES string of the molecule is C[C@@H](OC(=O)C1CCN(S(=O)(=O)c2ccc(F)cc2)CC1)C(=O)N(C)Cc1cccc(F)c1. The topological polar surface area (TPSA) is 84.0 Å². The van der Waals surface area contributed by atoms with Crippen molar-refractivity contribution in [2.24, 2.45) is 5.92 Å². The van der Waals surface area contributed by atoms with E-state index >= 15 is 0 Å². The first kappa shape index (κ1) is 24.8. The molecule has 1 atom stereocenters. The van der Waals surface area contributed by atoms with Crippen LogP contribution in [-0.2, 0) is 30.9 Å². The molecule has 1 saturated heterocycles. The lowest BCUT2D eigenvalue weighted by atomic mass is 9.98. The zero-order valence-electron chi connectivity index (χ0n) is 18.4. The van der Waals surface area contributed by atoms with Crippen molar-refractivity contribution in [3.63, 3.8) is 0 Å². The summed E-state index contributed by atoms with van der Waals surface area (Å²) in [5, 5.41) is 0. The Morgan fingerprint density at radius 3 is 2.33 bits per heavy atom. The van der Waals surface area contributed by atoms with Gasteiger partial charge in [-0.15, -0.1) is 0 Å². The minimum Gasteiger partial charge on any atom is -0.452 e. The van der Waals surface area contributed by atoms with Gasteiger partial charge in [0.1, 0.15) is 11.6 Å². The van der Waals surface area contributed by atoms with Crippen molar-refractivity contribution in [2.75, 3.05) is 20.1 Å². The molecule has 3 rings (SSSR count). The number of nitrogens with zero attached hydrogens (tertiary/aromatic N) is 2. The highest BCUT2D eigenvalue weighted by Crippen LogP contribution is 2.25. The number of likely N-dealkylation sites (N-methyl/N-ethyl adjacent to an activating group) is 1. The molecule has 0 saturated carbocycles. The maximum Gasteiger partial charge on any atom is 0.309 e. The summed E-state index contributed by atoms with van der Waals surface area (Å²) in [4.78, 5) is 26.4. The third-order valence-corrected chi connectivity index (χ3v) is 7.48. The number of piperidine rings is 1. The molecule has 0 aliphatic carbocycles. The summed E-state index contributed by atoms with van der Waals surface area (Å²) < 4.78 is 58.4. The fourth-order valence-corrected chi connectivity index (χ4v) is 5.18. The molecular weight excluding hydrogens is 454 g/mol. The fourth-order valence-electron chi connectivity index (χ4n) is 3.71. The molecule has 0 N–H and O–H groups in total. The van der Waals surface area contributed by atoms with E-state index in [4.69, 9.17) is 4.74 Å². The van der Waals surface area contributed by atoms with Gasteiger partial charge in [-0.3, -0.25) is 9.59 Å². The molecule has 1 heterocycles. The van der Waals surface area contributed by atoms with Crippen LogP contribution in [-0.4, -0.2) is 55.7 Å². The number of sulfonamides is 1. The average molecular weight is 481 g/mol. The summed E-state index contributed by atoms with van der Waals surface area (Å²) >= 11 is 0. The molecule has 0 bridgehead atoms. The van der Waals surface area contributed by atoms with E-state index in [2.05, 4.69) is 0 Å². The highest BCUT2D eigenvalue weighted by atomic mass is 32.2. The minimum atomic E-state index is -3.78. The summed E-state index contributed by atoms with van der Waals surface area (Å²) in [6.07, 6.45) is -0.532. The molecule has 7 nitrogen and oxygen atoms in total. The number of esters is 1. The normalized spacial score (nSPS) is 16.2. The standard InChI is InChI=1S/C23H26F2N2O5S/c1-16(22(28)26(2)15-17-4-3-5-20(25)14-17)32-23(29)18-10-12-27(13-11-18)33(30,31)21-8-6-19(24)7-9-21/h3-9,14,16,18H,10-13,15H2,1-2H3/t16-/m1/s1. The second-order valence-corrected chi connectivity index (χ2v) is 9.97. The summed E-state index contributed by atoms with van der Waals surface area (Å²) in [5.41, 5.74) is 0.610. The average Bonchev–Trinajstić information content (AvgIpc) is 2.78. The monoisotopic (exact) mass is 480 g/mol. The first-order valence-corrected chi connectivity index (χ1v) is 12.0. The Morgan fingerprint density at radius 2 is 1.73 bits per heavy atom. The van der Waals surface area contributed by atoms with Gasteiger partial charge in [0, 0.05) is 26.7 Å². The lowest BCUT2D eigenvalue weighted by molar-refractivity contribution is -0.163. The Kier molecular flexibility index (Phi) is 7.80. The zero-order chi connectivity index (χ0) is 24.2. The van der Waals surface area contributed by atoms with Gasteiger partial charge >= 0.3 is 5.97 Å². The van der Waals surface area contributed by atoms with Gasteiger partial charge in [-0.1, -0.05) is 12.1 Å². The predicted octanol–water partition coefficient (Wildman–Crippen LogP) is 2.96. The number of carbonyl (C=O) groups excluding carboxylic acids is 2. The van der Waals surface area contributed by atoms with E-state index < -0.39 is 45.6 Å². The lowest BCUT2D eigenvalue weighted by Gasteiger charge is -2.31. The number of ether oxygens (including phenoxy) is 1. The molecule has 0 aromatic heterocycles. The number of amides is 1. The number of benzene rings is 2. The molecule has 1 amide bonds. The van der Waals surface area contributed by atoms with Gasteiger partial charge in [-0.25, -0.2) is 17.2 Å². The quantitative estimate of drug-likeness (QED) is 0.569. The molecule has 10 heteroatoms. The maximum absolute atomic E-state index is 13.3. The lowest BCUT2D eigenvalue weighted by Crippen LogP contribution is -2.42. The van der Waals surface area contributed by atoms with Crippen LogP contribution in [0.2, 0.25) is 0 Å². The van der Waals surface area contributed by atoms with Crippen LogP contribution in [0, 0.1) is 17.6 Å². The molecule has 0 radical (unpaired) electrons. The molecule has 1 fully saturated rings. The van der Waals surface area contributed by atoms with Crippen molar-refractivity contribution in [3.8, 4) is 0 Å². The van der Waals surface area contributed by atoms with Crippen LogP contribution in [0.5, 0.6) is 0 Å². The number of hydrogen-bond donors (Lipinski definition) is 0. The molecule has 1 aliphatic rings. The third kappa shape index (κ3) is 6.14.